The maximum atomic E-state index is 10.1. The number of nitriles is 2. The van der Waals surface area contributed by atoms with Crippen LogP contribution < -0.4 is 0 Å². The molecule has 4 heteroatoms. The van der Waals surface area contributed by atoms with E-state index in [9.17, 15) is 10.5 Å². The average Bonchev–Trinajstić information content (AvgIpc) is 3.56. The fourth-order valence-electron chi connectivity index (χ4n) is 7.53. The molecule has 0 aliphatic heterocycles. The minimum atomic E-state index is 0.462. The molecule has 218 valence electrons. The molecule has 0 radical (unpaired) electrons. The first-order chi connectivity index (χ1) is 22.4. The summed E-state index contributed by atoms with van der Waals surface area (Å²) in [6.07, 6.45) is 0. The summed E-state index contributed by atoms with van der Waals surface area (Å²) in [4.78, 5) is 0. The predicted molar refractivity (Wildman–Crippen MR) is 189 cm³/mol. The first-order valence-electron chi connectivity index (χ1n) is 15.5. The van der Waals surface area contributed by atoms with Crippen molar-refractivity contribution < 1.29 is 0 Å². The van der Waals surface area contributed by atoms with E-state index in [-0.39, 0.29) is 0 Å². The van der Waals surface area contributed by atoms with Crippen molar-refractivity contribution in [3.63, 3.8) is 0 Å². The highest BCUT2D eigenvalue weighted by Gasteiger charge is 2.26. The number of fused-ring (bicyclic) bond motifs is 6. The summed E-state index contributed by atoms with van der Waals surface area (Å²) in [5.41, 5.74) is 14.1. The fourth-order valence-corrected chi connectivity index (χ4v) is 7.53. The topological polar surface area (TPSA) is 57.4 Å². The molecule has 0 spiro atoms. The van der Waals surface area contributed by atoms with Crippen molar-refractivity contribution in [1.29, 1.82) is 10.5 Å². The molecule has 0 bridgehead atoms. The van der Waals surface area contributed by atoms with Gasteiger partial charge in [-0.1, -0.05) is 72.8 Å². The van der Waals surface area contributed by atoms with Gasteiger partial charge in [-0.2, -0.15) is 10.5 Å². The van der Waals surface area contributed by atoms with Crippen molar-refractivity contribution in [3.05, 3.63) is 143 Å². The number of benzene rings is 6. The second-order valence-electron chi connectivity index (χ2n) is 12.3. The molecule has 2 heterocycles. The summed E-state index contributed by atoms with van der Waals surface area (Å²) >= 11 is 0. The van der Waals surface area contributed by atoms with Gasteiger partial charge in [0, 0.05) is 27.1 Å². The summed E-state index contributed by atoms with van der Waals surface area (Å²) in [5.74, 6) is 0. The third-order valence-corrected chi connectivity index (χ3v) is 9.40. The Kier molecular flexibility index (Phi) is 6.11. The minimum absolute atomic E-state index is 0.462. The molecule has 6 aromatic carbocycles. The van der Waals surface area contributed by atoms with Gasteiger partial charge in [-0.25, -0.2) is 0 Å². The summed E-state index contributed by atoms with van der Waals surface area (Å²) in [7, 11) is 0. The van der Waals surface area contributed by atoms with Crippen LogP contribution >= 0.6 is 0 Å². The predicted octanol–water partition coefficient (Wildman–Crippen LogP) is 10.5. The number of nitrogens with zero attached hydrogens (tertiary/aromatic N) is 4. The van der Waals surface area contributed by atoms with Gasteiger partial charge in [-0.15, -0.1) is 0 Å². The fraction of sp³-hybridized carbons (Fsp3) is 0.0952. The Balaban J connectivity index is 1.75. The molecule has 0 amide bonds. The molecule has 0 atom stereocenters. The number of rotatable bonds is 3. The number of hydrogen-bond acceptors (Lipinski definition) is 2. The van der Waals surface area contributed by atoms with Crippen LogP contribution in [0.2, 0.25) is 0 Å². The van der Waals surface area contributed by atoms with Crippen molar-refractivity contribution in [3.8, 4) is 34.6 Å². The van der Waals surface area contributed by atoms with E-state index in [1.807, 2.05) is 12.1 Å². The Labute approximate surface area is 267 Å². The van der Waals surface area contributed by atoms with Crippen LogP contribution in [0.5, 0.6) is 0 Å². The van der Waals surface area contributed by atoms with Crippen LogP contribution in [0.1, 0.15) is 33.4 Å². The van der Waals surface area contributed by atoms with E-state index in [0.29, 0.717) is 11.1 Å². The van der Waals surface area contributed by atoms with Crippen LogP contribution in [0.4, 0.5) is 0 Å². The van der Waals surface area contributed by atoms with Crippen LogP contribution in [-0.4, -0.2) is 9.13 Å². The van der Waals surface area contributed by atoms with Crippen LogP contribution in [-0.2, 0) is 0 Å². The molecule has 0 saturated carbocycles. The molecule has 0 N–H and O–H groups in total. The molecule has 2 aromatic heterocycles. The zero-order valence-electron chi connectivity index (χ0n) is 26.2. The largest absolute Gasteiger partial charge is 0.308 e. The summed E-state index contributed by atoms with van der Waals surface area (Å²) in [6, 6.07) is 42.6. The number of hydrogen-bond donors (Lipinski definition) is 0. The van der Waals surface area contributed by atoms with Crippen LogP contribution in [0, 0.1) is 50.4 Å². The van der Waals surface area contributed by atoms with Gasteiger partial charge in [0.25, 0.3) is 0 Å². The van der Waals surface area contributed by atoms with Gasteiger partial charge in [0.1, 0.15) is 0 Å². The molecule has 8 rings (SSSR count). The third-order valence-electron chi connectivity index (χ3n) is 9.40. The lowest BCUT2D eigenvalue weighted by Gasteiger charge is -2.20. The molecule has 0 saturated heterocycles. The van der Waals surface area contributed by atoms with E-state index in [4.69, 9.17) is 0 Å². The lowest BCUT2D eigenvalue weighted by molar-refractivity contribution is 1.11. The van der Waals surface area contributed by atoms with Gasteiger partial charge in [-0.3, -0.25) is 0 Å². The van der Waals surface area contributed by atoms with E-state index in [1.165, 1.54) is 22.3 Å². The molecular formula is C42H30N4. The Bertz CT molecular complexity index is 2430. The van der Waals surface area contributed by atoms with Gasteiger partial charge < -0.3 is 9.13 Å². The number of aromatic nitrogens is 2. The van der Waals surface area contributed by atoms with Gasteiger partial charge in [0.05, 0.1) is 56.7 Å². The maximum Gasteiger partial charge on any atom is 0.0992 e. The zero-order chi connectivity index (χ0) is 31.7. The molecule has 0 aliphatic rings. The molecule has 46 heavy (non-hydrogen) atoms. The first kappa shape index (κ1) is 27.4. The zero-order valence-corrected chi connectivity index (χ0v) is 26.2. The highest BCUT2D eigenvalue weighted by atomic mass is 15.0. The van der Waals surface area contributed by atoms with Crippen molar-refractivity contribution in [2.45, 2.75) is 27.7 Å². The molecule has 0 fully saturated rings. The van der Waals surface area contributed by atoms with E-state index in [0.717, 1.165) is 66.1 Å². The second-order valence-corrected chi connectivity index (χ2v) is 12.3. The molecular weight excluding hydrogens is 560 g/mol. The first-order valence-corrected chi connectivity index (χ1v) is 15.5. The molecule has 0 unspecified atom stereocenters. The SMILES string of the molecule is Cc1cccc(C)c1-n1c2ccccc2c2cc3c4ccccc4n(-c4c(C)cccc4C)c3c(-c3cc(C#N)cc(C#N)c3)c21. The average molecular weight is 591 g/mol. The van der Waals surface area contributed by atoms with Gasteiger partial charge >= 0.3 is 0 Å². The molecule has 8 aromatic rings. The van der Waals surface area contributed by atoms with Gasteiger partial charge in [0.2, 0.25) is 0 Å². The third kappa shape index (κ3) is 3.84. The molecule has 4 nitrogen and oxygen atoms in total. The number of para-hydroxylation sites is 4. The van der Waals surface area contributed by atoms with E-state index in [2.05, 4.69) is 140 Å². The van der Waals surface area contributed by atoms with Gasteiger partial charge in [-0.05, 0) is 91.9 Å². The highest BCUT2D eigenvalue weighted by molar-refractivity contribution is 6.26. The lowest BCUT2D eigenvalue weighted by atomic mass is 9.95. The van der Waals surface area contributed by atoms with Crippen molar-refractivity contribution in [1.82, 2.24) is 9.13 Å². The maximum absolute atomic E-state index is 10.1. The highest BCUT2D eigenvalue weighted by Crippen LogP contribution is 2.47. The lowest BCUT2D eigenvalue weighted by Crippen LogP contribution is -2.04. The van der Waals surface area contributed by atoms with Crippen molar-refractivity contribution in [2.24, 2.45) is 0 Å². The quantitative estimate of drug-likeness (QED) is 0.206. The smallest absolute Gasteiger partial charge is 0.0992 e. The second kappa shape index (κ2) is 10.2. The van der Waals surface area contributed by atoms with E-state index >= 15 is 0 Å². The molecule has 0 aliphatic carbocycles. The normalized spacial score (nSPS) is 11.4. The number of aryl methyl sites for hydroxylation is 4. The summed E-state index contributed by atoms with van der Waals surface area (Å²) in [5, 5.41) is 24.8. The van der Waals surface area contributed by atoms with Crippen LogP contribution in [0.15, 0.2) is 109 Å². The van der Waals surface area contributed by atoms with Crippen LogP contribution in [0.25, 0.3) is 66.1 Å². The minimum Gasteiger partial charge on any atom is -0.308 e. The van der Waals surface area contributed by atoms with Crippen molar-refractivity contribution >= 4 is 43.6 Å². The Hall–Kier alpha value is -6.10. The van der Waals surface area contributed by atoms with Gasteiger partial charge in [0.15, 0.2) is 0 Å². The standard InChI is InChI=1S/C42H30N4/c1-25-11-9-12-26(2)39(25)45-36-17-7-5-15-32(36)34-22-35-33-16-6-8-18-37(33)46(40-27(3)13-10-14-28(40)4)42(35)38(41(34)45)31-20-29(23-43)19-30(21-31)24-44/h5-22H,1-4H3. The Morgan fingerprint density at radius 3 is 1.28 bits per heavy atom. The Morgan fingerprint density at radius 1 is 0.457 bits per heavy atom. The summed E-state index contributed by atoms with van der Waals surface area (Å²) in [6.45, 7) is 8.66. The summed E-state index contributed by atoms with van der Waals surface area (Å²) < 4.78 is 4.81. The Morgan fingerprint density at radius 2 is 0.870 bits per heavy atom. The van der Waals surface area contributed by atoms with E-state index < -0.39 is 0 Å². The van der Waals surface area contributed by atoms with Crippen LogP contribution in [0.3, 0.4) is 0 Å². The monoisotopic (exact) mass is 590 g/mol. The van der Waals surface area contributed by atoms with E-state index in [1.54, 1.807) is 6.07 Å². The van der Waals surface area contributed by atoms with Crippen molar-refractivity contribution in [2.75, 3.05) is 0 Å².